The molecule has 0 aromatic carbocycles. The number of aromatic nitrogens is 1. The number of nitrogens with one attached hydrogen (secondary N) is 3. The van der Waals surface area contributed by atoms with E-state index in [4.69, 9.17) is 17.4 Å². The molecule has 0 bridgehead atoms. The first-order valence-electron chi connectivity index (χ1n) is 6.68. The van der Waals surface area contributed by atoms with E-state index in [2.05, 4.69) is 21.0 Å². The molecule has 1 aromatic rings. The highest BCUT2D eigenvalue weighted by molar-refractivity contribution is 6.29. The Hall–Kier alpha value is -1.86. The zero-order chi connectivity index (χ0) is 15.8. The summed E-state index contributed by atoms with van der Waals surface area (Å²) in [6.45, 7) is 4.16. The Morgan fingerprint density at radius 1 is 1.43 bits per heavy atom. The summed E-state index contributed by atoms with van der Waals surface area (Å²) in [5.41, 5.74) is 2.65. The maximum absolute atomic E-state index is 11.9. The third kappa shape index (κ3) is 5.97. The maximum Gasteiger partial charge on any atom is 0.251 e. The molecule has 1 heterocycles. The van der Waals surface area contributed by atoms with Gasteiger partial charge in [-0.25, -0.2) is 10.8 Å². The highest BCUT2D eigenvalue weighted by Crippen LogP contribution is 2.13. The van der Waals surface area contributed by atoms with Crippen LogP contribution in [0.4, 0.5) is 5.82 Å². The van der Waals surface area contributed by atoms with Gasteiger partial charge in [0.25, 0.3) is 5.91 Å². The van der Waals surface area contributed by atoms with Crippen LogP contribution < -0.4 is 21.9 Å². The summed E-state index contributed by atoms with van der Waals surface area (Å²) in [5, 5.41) is 5.62. The number of rotatable bonds is 7. The number of nitrogen functional groups attached to an aromatic ring is 1. The lowest BCUT2D eigenvalue weighted by molar-refractivity contribution is -0.121. The van der Waals surface area contributed by atoms with E-state index >= 15 is 0 Å². The summed E-state index contributed by atoms with van der Waals surface area (Å²) in [6.07, 6.45) is 1.08. The zero-order valence-corrected chi connectivity index (χ0v) is 12.8. The summed E-state index contributed by atoms with van der Waals surface area (Å²) >= 11 is 5.78. The first-order valence-corrected chi connectivity index (χ1v) is 7.05. The number of pyridine rings is 1. The Balaban J connectivity index is 2.47. The number of nitrogens with two attached hydrogens (primary N) is 1. The molecule has 2 amide bonds. The average Bonchev–Trinajstić information content (AvgIpc) is 2.46. The van der Waals surface area contributed by atoms with Crippen LogP contribution in [-0.4, -0.2) is 29.4 Å². The highest BCUT2D eigenvalue weighted by atomic mass is 35.5. The van der Waals surface area contributed by atoms with Gasteiger partial charge in [0.05, 0.1) is 0 Å². The fourth-order valence-corrected chi connectivity index (χ4v) is 1.75. The molecule has 0 saturated carbocycles. The molecular formula is C13H20ClN5O2. The van der Waals surface area contributed by atoms with Crippen molar-refractivity contribution in [2.24, 2.45) is 5.84 Å². The molecule has 1 rings (SSSR count). The Labute approximate surface area is 128 Å². The topological polar surface area (TPSA) is 109 Å². The smallest absolute Gasteiger partial charge is 0.251 e. The second-order valence-corrected chi connectivity index (χ2v) is 4.98. The van der Waals surface area contributed by atoms with Gasteiger partial charge >= 0.3 is 0 Å². The lowest BCUT2D eigenvalue weighted by atomic mass is 10.2. The van der Waals surface area contributed by atoms with Crippen molar-refractivity contribution in [2.75, 3.05) is 12.0 Å². The van der Waals surface area contributed by atoms with E-state index in [0.29, 0.717) is 11.4 Å². The van der Waals surface area contributed by atoms with Crippen molar-refractivity contribution < 1.29 is 9.59 Å². The number of carbonyl (C=O) groups excluding carboxylic acids is 2. The van der Waals surface area contributed by atoms with Crippen molar-refractivity contribution in [2.45, 2.75) is 32.7 Å². The van der Waals surface area contributed by atoms with Gasteiger partial charge < -0.3 is 16.1 Å². The van der Waals surface area contributed by atoms with Gasteiger partial charge in [-0.2, -0.15) is 0 Å². The third-order valence-electron chi connectivity index (χ3n) is 2.86. The van der Waals surface area contributed by atoms with Crippen molar-refractivity contribution in [1.29, 1.82) is 0 Å². The standard InChI is InChI=1S/C13H20ClN5O2/c1-3-8(2)17-12(20)4-5-16-13(21)9-6-10(14)18-11(7-9)19-15/h6-8H,3-5,15H2,1-2H3,(H,16,21)(H,17,20)(H,18,19). The summed E-state index contributed by atoms with van der Waals surface area (Å²) in [5.74, 6) is 5.09. The van der Waals surface area contributed by atoms with Gasteiger partial charge in [0, 0.05) is 24.6 Å². The Kier molecular flexibility index (Phi) is 6.90. The number of hydrogen-bond donors (Lipinski definition) is 4. The van der Waals surface area contributed by atoms with Gasteiger partial charge in [0.15, 0.2) is 0 Å². The predicted molar refractivity (Wildman–Crippen MR) is 81.9 cm³/mol. The maximum atomic E-state index is 11.9. The molecule has 0 spiro atoms. The van der Waals surface area contributed by atoms with Crippen molar-refractivity contribution in [1.82, 2.24) is 15.6 Å². The van der Waals surface area contributed by atoms with Gasteiger partial charge in [-0.1, -0.05) is 18.5 Å². The molecule has 0 fully saturated rings. The molecule has 5 N–H and O–H groups in total. The monoisotopic (exact) mass is 313 g/mol. The summed E-state index contributed by atoms with van der Waals surface area (Å²) in [7, 11) is 0. The van der Waals surface area contributed by atoms with Crippen molar-refractivity contribution in [3.8, 4) is 0 Å². The van der Waals surface area contributed by atoms with Crippen molar-refractivity contribution in [3.63, 3.8) is 0 Å². The Morgan fingerprint density at radius 3 is 2.76 bits per heavy atom. The van der Waals surface area contributed by atoms with Gasteiger partial charge in [-0.15, -0.1) is 0 Å². The number of anilines is 1. The highest BCUT2D eigenvalue weighted by Gasteiger charge is 2.10. The normalized spacial score (nSPS) is 11.6. The van der Waals surface area contributed by atoms with Crippen molar-refractivity contribution >= 4 is 29.2 Å². The van der Waals surface area contributed by atoms with Gasteiger partial charge in [0.1, 0.15) is 11.0 Å². The van der Waals surface area contributed by atoms with Crippen LogP contribution in [0.5, 0.6) is 0 Å². The first kappa shape index (κ1) is 17.2. The number of hydrazine groups is 1. The molecule has 7 nitrogen and oxygen atoms in total. The zero-order valence-electron chi connectivity index (χ0n) is 12.1. The van der Waals surface area contributed by atoms with Crippen LogP contribution in [0.15, 0.2) is 12.1 Å². The van der Waals surface area contributed by atoms with Gasteiger partial charge in [-0.05, 0) is 25.5 Å². The number of carbonyl (C=O) groups is 2. The van der Waals surface area contributed by atoms with Crippen LogP contribution in [-0.2, 0) is 4.79 Å². The van der Waals surface area contributed by atoms with Gasteiger partial charge in [-0.3, -0.25) is 9.59 Å². The molecular weight excluding hydrogens is 294 g/mol. The van der Waals surface area contributed by atoms with Crippen LogP contribution >= 0.6 is 11.6 Å². The minimum Gasteiger partial charge on any atom is -0.354 e. The third-order valence-corrected chi connectivity index (χ3v) is 3.06. The molecule has 0 saturated heterocycles. The van der Waals surface area contributed by atoms with Crippen molar-refractivity contribution in [3.05, 3.63) is 22.8 Å². The lowest BCUT2D eigenvalue weighted by Crippen LogP contribution is -2.35. The molecule has 1 aromatic heterocycles. The number of nitrogens with zero attached hydrogens (tertiary/aromatic N) is 1. The first-order chi connectivity index (χ1) is 9.96. The fraction of sp³-hybridized carbons (Fsp3) is 0.462. The quantitative estimate of drug-likeness (QED) is 0.342. The van der Waals surface area contributed by atoms with Crippen LogP contribution in [0, 0.1) is 0 Å². The van der Waals surface area contributed by atoms with Crippen LogP contribution in [0.25, 0.3) is 0 Å². The van der Waals surface area contributed by atoms with E-state index in [1.807, 2.05) is 13.8 Å². The van der Waals surface area contributed by atoms with E-state index in [9.17, 15) is 9.59 Å². The van der Waals surface area contributed by atoms with Crippen LogP contribution in [0.2, 0.25) is 5.15 Å². The number of hydrogen-bond acceptors (Lipinski definition) is 5. The second-order valence-electron chi connectivity index (χ2n) is 4.59. The van der Waals surface area contributed by atoms with E-state index in [1.54, 1.807) is 0 Å². The molecule has 1 unspecified atom stereocenters. The molecule has 8 heteroatoms. The fourth-order valence-electron chi connectivity index (χ4n) is 1.54. The molecule has 1 atom stereocenters. The van der Waals surface area contributed by atoms with E-state index in [1.165, 1.54) is 12.1 Å². The largest absolute Gasteiger partial charge is 0.354 e. The molecule has 0 aliphatic carbocycles. The van der Waals surface area contributed by atoms with Gasteiger partial charge in [0.2, 0.25) is 5.91 Å². The summed E-state index contributed by atoms with van der Waals surface area (Å²) < 4.78 is 0. The minimum atomic E-state index is -0.341. The predicted octanol–water partition coefficient (Wildman–Crippen LogP) is 1.06. The molecule has 0 radical (unpaired) electrons. The van der Waals surface area contributed by atoms with Crippen LogP contribution in [0.3, 0.4) is 0 Å². The minimum absolute atomic E-state index is 0.0956. The number of amides is 2. The average molecular weight is 314 g/mol. The van der Waals surface area contributed by atoms with E-state index in [0.717, 1.165) is 6.42 Å². The second kappa shape index (κ2) is 8.43. The van der Waals surface area contributed by atoms with E-state index < -0.39 is 0 Å². The summed E-state index contributed by atoms with van der Waals surface area (Å²) in [6, 6.07) is 3.03. The molecule has 0 aliphatic rings. The molecule has 21 heavy (non-hydrogen) atoms. The van der Waals surface area contributed by atoms with Crippen LogP contribution in [0.1, 0.15) is 37.0 Å². The number of halogens is 1. The summed E-state index contributed by atoms with van der Waals surface area (Å²) in [4.78, 5) is 27.4. The SMILES string of the molecule is CCC(C)NC(=O)CCNC(=O)c1cc(Cl)nc(NN)c1. The van der Waals surface area contributed by atoms with E-state index in [-0.39, 0.29) is 36.0 Å². The lowest BCUT2D eigenvalue weighted by Gasteiger charge is -2.11. The Morgan fingerprint density at radius 2 is 2.14 bits per heavy atom. The molecule has 116 valence electrons. The Bertz CT molecular complexity index is 509. The molecule has 0 aliphatic heterocycles.